The molecule has 0 spiro atoms. The average molecular weight is 285 g/mol. The highest BCUT2D eigenvalue weighted by Gasteiger charge is 2.27. The molecule has 1 aromatic carbocycles. The van der Waals surface area contributed by atoms with Crippen LogP contribution < -0.4 is 5.32 Å². The number of aromatic nitrogens is 4. The summed E-state index contributed by atoms with van der Waals surface area (Å²) in [7, 11) is 2.04. The quantitative estimate of drug-likeness (QED) is 0.801. The van der Waals surface area contributed by atoms with Gasteiger partial charge in [0.1, 0.15) is 11.6 Å². The minimum Gasteiger partial charge on any atom is -0.353 e. The molecule has 0 aliphatic heterocycles. The molecule has 0 bridgehead atoms. The zero-order chi connectivity index (χ0) is 13.5. The van der Waals surface area contributed by atoms with Crippen LogP contribution in [0.15, 0.2) is 24.3 Å². The number of fused-ring (bicyclic) bond motifs is 1. The zero-order valence-electron chi connectivity index (χ0n) is 11.2. The summed E-state index contributed by atoms with van der Waals surface area (Å²) in [6.07, 6.45) is 2.47. The Labute approximate surface area is 120 Å². The summed E-state index contributed by atoms with van der Waals surface area (Å²) in [5.41, 5.74) is 2.18. The molecule has 0 saturated heterocycles. The molecular weight excluding hydrogens is 270 g/mol. The van der Waals surface area contributed by atoms with Crippen molar-refractivity contribution < 1.29 is 0 Å². The summed E-state index contributed by atoms with van der Waals surface area (Å²) >= 11 is 1.44. The van der Waals surface area contributed by atoms with Gasteiger partial charge in [-0.05, 0) is 25.0 Å². The van der Waals surface area contributed by atoms with Crippen LogP contribution in [0.5, 0.6) is 0 Å². The Kier molecular flexibility index (Phi) is 2.70. The van der Waals surface area contributed by atoms with Crippen LogP contribution >= 0.6 is 11.5 Å². The van der Waals surface area contributed by atoms with Crippen LogP contribution in [0.4, 0.5) is 5.13 Å². The van der Waals surface area contributed by atoms with Gasteiger partial charge in [0.15, 0.2) is 0 Å². The first-order valence-corrected chi connectivity index (χ1v) is 7.56. The van der Waals surface area contributed by atoms with Crippen LogP contribution in [0.2, 0.25) is 0 Å². The Morgan fingerprint density at radius 2 is 2.15 bits per heavy atom. The second-order valence-electron chi connectivity index (χ2n) is 5.16. The van der Waals surface area contributed by atoms with Gasteiger partial charge in [0.2, 0.25) is 5.13 Å². The lowest BCUT2D eigenvalue weighted by atomic mass is 10.3. The van der Waals surface area contributed by atoms with Gasteiger partial charge in [0, 0.05) is 24.5 Å². The van der Waals surface area contributed by atoms with Crippen LogP contribution in [0.1, 0.15) is 30.4 Å². The SMILES string of the molecule is Cn1c(CNc2nc(C3CC3)ns2)nc2ccccc21. The largest absolute Gasteiger partial charge is 0.353 e. The monoisotopic (exact) mass is 285 g/mol. The van der Waals surface area contributed by atoms with Crippen molar-refractivity contribution in [3.8, 4) is 0 Å². The van der Waals surface area contributed by atoms with Crippen LogP contribution in [0.3, 0.4) is 0 Å². The Balaban J connectivity index is 1.53. The third-order valence-corrected chi connectivity index (χ3v) is 4.35. The summed E-state index contributed by atoms with van der Waals surface area (Å²) in [6, 6.07) is 8.17. The van der Waals surface area contributed by atoms with E-state index in [0.717, 1.165) is 27.8 Å². The molecule has 0 atom stereocenters. The van der Waals surface area contributed by atoms with Crippen LogP contribution in [-0.2, 0) is 13.6 Å². The standard InChI is InChI=1S/C14H15N5S/c1-19-11-5-3-2-4-10(11)16-12(19)8-15-14-17-13(18-20-14)9-6-7-9/h2-5,9H,6-8H2,1H3,(H,15,17,18). The highest BCUT2D eigenvalue weighted by molar-refractivity contribution is 7.09. The molecule has 5 nitrogen and oxygen atoms in total. The van der Waals surface area contributed by atoms with E-state index >= 15 is 0 Å². The Hall–Kier alpha value is -1.95. The van der Waals surface area contributed by atoms with Crippen molar-refractivity contribution in [2.45, 2.75) is 25.3 Å². The number of nitrogens with zero attached hydrogens (tertiary/aromatic N) is 4. The molecule has 102 valence electrons. The fourth-order valence-corrected chi connectivity index (χ4v) is 2.96. The molecular formula is C14H15N5S. The predicted octanol–water partition coefficient (Wildman–Crippen LogP) is 2.91. The first-order valence-electron chi connectivity index (χ1n) is 6.79. The lowest BCUT2D eigenvalue weighted by Gasteiger charge is -2.02. The molecule has 0 amide bonds. The fourth-order valence-electron chi connectivity index (χ4n) is 2.32. The fraction of sp³-hybridized carbons (Fsp3) is 0.357. The molecule has 0 unspecified atom stereocenters. The highest BCUT2D eigenvalue weighted by atomic mass is 32.1. The van der Waals surface area contributed by atoms with E-state index in [1.165, 1.54) is 24.4 Å². The Bertz CT molecular complexity index is 756. The number of anilines is 1. The normalized spacial score (nSPS) is 14.8. The molecule has 1 saturated carbocycles. The number of hydrogen-bond donors (Lipinski definition) is 1. The second-order valence-corrected chi connectivity index (χ2v) is 5.91. The van der Waals surface area contributed by atoms with E-state index in [1.54, 1.807) is 0 Å². The summed E-state index contributed by atoms with van der Waals surface area (Å²) in [6.45, 7) is 0.671. The molecule has 20 heavy (non-hydrogen) atoms. The van der Waals surface area contributed by atoms with E-state index in [9.17, 15) is 0 Å². The average Bonchev–Trinajstić information content (AvgIpc) is 3.13. The van der Waals surface area contributed by atoms with Crippen LogP contribution in [0.25, 0.3) is 11.0 Å². The van der Waals surface area contributed by atoms with Gasteiger partial charge in [0.25, 0.3) is 0 Å². The van der Waals surface area contributed by atoms with E-state index in [0.29, 0.717) is 12.5 Å². The van der Waals surface area contributed by atoms with Crippen molar-refractivity contribution in [3.05, 3.63) is 35.9 Å². The summed E-state index contributed by atoms with van der Waals surface area (Å²) in [5.74, 6) is 2.62. The number of aryl methyl sites for hydroxylation is 1. The van der Waals surface area contributed by atoms with Crippen molar-refractivity contribution in [3.63, 3.8) is 0 Å². The van der Waals surface area contributed by atoms with E-state index < -0.39 is 0 Å². The minimum absolute atomic E-state index is 0.609. The van der Waals surface area contributed by atoms with Crippen molar-refractivity contribution in [2.75, 3.05) is 5.32 Å². The van der Waals surface area contributed by atoms with Gasteiger partial charge in [-0.25, -0.2) is 9.97 Å². The maximum atomic E-state index is 4.64. The van der Waals surface area contributed by atoms with Crippen LogP contribution in [0, 0.1) is 0 Å². The summed E-state index contributed by atoms with van der Waals surface area (Å²) in [5, 5.41) is 4.22. The Morgan fingerprint density at radius 3 is 2.95 bits per heavy atom. The lowest BCUT2D eigenvalue weighted by Crippen LogP contribution is -2.05. The number of benzene rings is 1. The second kappa shape index (κ2) is 4.56. The lowest BCUT2D eigenvalue weighted by molar-refractivity contribution is 0.833. The minimum atomic E-state index is 0.609. The number of hydrogen-bond acceptors (Lipinski definition) is 5. The molecule has 0 radical (unpaired) electrons. The highest BCUT2D eigenvalue weighted by Crippen LogP contribution is 2.39. The number of para-hydroxylation sites is 2. The molecule has 1 aliphatic carbocycles. The van der Waals surface area contributed by atoms with E-state index in [2.05, 4.69) is 30.3 Å². The van der Waals surface area contributed by atoms with Crippen LogP contribution in [-0.4, -0.2) is 18.9 Å². The van der Waals surface area contributed by atoms with Crippen molar-refractivity contribution in [2.24, 2.45) is 7.05 Å². The summed E-state index contributed by atoms with van der Waals surface area (Å²) < 4.78 is 6.51. The molecule has 1 N–H and O–H groups in total. The first kappa shape index (κ1) is 11.8. The number of rotatable bonds is 4. The maximum Gasteiger partial charge on any atom is 0.202 e. The predicted molar refractivity (Wildman–Crippen MR) is 79.9 cm³/mol. The van der Waals surface area contributed by atoms with Crippen molar-refractivity contribution in [1.82, 2.24) is 18.9 Å². The number of nitrogens with one attached hydrogen (secondary N) is 1. The van der Waals surface area contributed by atoms with Crippen molar-refractivity contribution in [1.29, 1.82) is 0 Å². The molecule has 3 aromatic rings. The van der Waals surface area contributed by atoms with Gasteiger partial charge in [-0.15, -0.1) is 0 Å². The molecule has 1 fully saturated rings. The van der Waals surface area contributed by atoms with Gasteiger partial charge in [-0.2, -0.15) is 4.37 Å². The first-order chi connectivity index (χ1) is 9.81. The Morgan fingerprint density at radius 1 is 1.30 bits per heavy atom. The smallest absolute Gasteiger partial charge is 0.202 e. The van der Waals surface area contributed by atoms with E-state index in [4.69, 9.17) is 0 Å². The van der Waals surface area contributed by atoms with Gasteiger partial charge in [0.05, 0.1) is 17.6 Å². The molecule has 2 aromatic heterocycles. The topological polar surface area (TPSA) is 55.6 Å². The molecule has 6 heteroatoms. The molecule has 4 rings (SSSR count). The van der Waals surface area contributed by atoms with Gasteiger partial charge in [-0.1, -0.05) is 12.1 Å². The van der Waals surface area contributed by atoms with Gasteiger partial charge in [-0.3, -0.25) is 0 Å². The maximum absolute atomic E-state index is 4.64. The zero-order valence-corrected chi connectivity index (χ0v) is 12.0. The van der Waals surface area contributed by atoms with Gasteiger partial charge >= 0.3 is 0 Å². The third-order valence-electron chi connectivity index (χ3n) is 3.66. The summed E-state index contributed by atoms with van der Waals surface area (Å²) in [4.78, 5) is 9.17. The molecule has 1 aliphatic rings. The van der Waals surface area contributed by atoms with Crippen molar-refractivity contribution >= 4 is 27.7 Å². The van der Waals surface area contributed by atoms with Gasteiger partial charge < -0.3 is 9.88 Å². The third kappa shape index (κ3) is 2.06. The molecule has 2 heterocycles. The van der Waals surface area contributed by atoms with E-state index in [1.807, 2.05) is 25.2 Å². The number of imidazole rings is 1. The van der Waals surface area contributed by atoms with E-state index in [-0.39, 0.29) is 0 Å².